The van der Waals surface area contributed by atoms with E-state index in [-0.39, 0.29) is 22.5 Å². The second kappa shape index (κ2) is 7.88. The van der Waals surface area contributed by atoms with E-state index in [1.807, 2.05) is 0 Å². The van der Waals surface area contributed by atoms with E-state index in [0.29, 0.717) is 0 Å². The summed E-state index contributed by atoms with van der Waals surface area (Å²) in [6.45, 7) is 0. The molecule has 0 aliphatic rings. The van der Waals surface area contributed by atoms with Crippen molar-refractivity contribution in [3.8, 4) is 0 Å². The second-order valence-corrected chi connectivity index (χ2v) is 5.34. The van der Waals surface area contributed by atoms with Crippen LogP contribution >= 0.6 is 0 Å². The molecule has 0 radical (unpaired) electrons. The van der Waals surface area contributed by atoms with E-state index in [0.717, 1.165) is 0 Å². The van der Waals surface area contributed by atoms with Crippen molar-refractivity contribution in [3.05, 3.63) is 69.8 Å². The Balaban J connectivity index is 2.19. The Kier molecular flexibility index (Phi) is 5.63. The van der Waals surface area contributed by atoms with Gasteiger partial charge in [-0.05, 0) is 23.8 Å². The highest BCUT2D eigenvalue weighted by atomic mass is 16.6. The highest BCUT2D eigenvalue weighted by molar-refractivity contribution is 6.07. The fraction of sp³-hybridized carbons (Fsp3) is 0.118. The number of carbonyl (C=O) groups excluding carboxylic acids is 1. The molecule has 3 N–H and O–H groups in total. The van der Waals surface area contributed by atoms with E-state index < -0.39 is 35.1 Å². The molecule has 0 saturated heterocycles. The number of carboxylic acid groups (broad SMARTS) is 2. The molecule has 2 aromatic rings. The molecule has 1 unspecified atom stereocenters. The molecule has 2 rings (SSSR count). The zero-order valence-electron chi connectivity index (χ0n) is 13.3. The molecule has 0 heterocycles. The molecule has 9 heteroatoms. The van der Waals surface area contributed by atoms with E-state index in [1.165, 1.54) is 48.5 Å². The minimum absolute atomic E-state index is 0.115. The third-order valence-corrected chi connectivity index (χ3v) is 3.59. The quantitative estimate of drug-likeness (QED) is 0.509. The number of nitro groups is 1. The van der Waals surface area contributed by atoms with Crippen molar-refractivity contribution >= 4 is 29.2 Å². The van der Waals surface area contributed by atoms with E-state index >= 15 is 0 Å². The average Bonchev–Trinajstić information content (AvgIpc) is 2.60. The van der Waals surface area contributed by atoms with E-state index in [4.69, 9.17) is 10.2 Å². The van der Waals surface area contributed by atoms with Gasteiger partial charge in [0, 0.05) is 11.8 Å². The van der Waals surface area contributed by atoms with Gasteiger partial charge in [0.2, 0.25) is 0 Å². The van der Waals surface area contributed by atoms with Crippen LogP contribution in [0, 0.1) is 10.1 Å². The summed E-state index contributed by atoms with van der Waals surface area (Å²) < 4.78 is 0. The maximum atomic E-state index is 12.2. The van der Waals surface area contributed by atoms with Crippen LogP contribution in [0.3, 0.4) is 0 Å². The normalized spacial score (nSPS) is 11.4. The monoisotopic (exact) mass is 358 g/mol. The fourth-order valence-corrected chi connectivity index (χ4v) is 2.34. The van der Waals surface area contributed by atoms with Gasteiger partial charge < -0.3 is 15.5 Å². The number of carbonyl (C=O) groups is 3. The molecule has 0 aliphatic heterocycles. The lowest BCUT2D eigenvalue weighted by Gasteiger charge is -2.11. The summed E-state index contributed by atoms with van der Waals surface area (Å²) in [5.74, 6) is -4.42. The number of hydrogen-bond acceptors (Lipinski definition) is 5. The number of para-hydroxylation sites is 1. The Morgan fingerprint density at radius 1 is 1.04 bits per heavy atom. The van der Waals surface area contributed by atoms with Gasteiger partial charge in [-0.2, -0.15) is 0 Å². The zero-order chi connectivity index (χ0) is 19.3. The van der Waals surface area contributed by atoms with Gasteiger partial charge >= 0.3 is 11.9 Å². The number of nitro benzene ring substituents is 1. The van der Waals surface area contributed by atoms with Crippen LogP contribution in [0.4, 0.5) is 11.4 Å². The van der Waals surface area contributed by atoms with Crippen molar-refractivity contribution in [3.63, 3.8) is 0 Å². The number of nitrogens with one attached hydrogen (secondary N) is 1. The van der Waals surface area contributed by atoms with E-state index in [2.05, 4.69) is 5.32 Å². The van der Waals surface area contributed by atoms with Gasteiger partial charge in [-0.15, -0.1) is 0 Å². The Hall–Kier alpha value is -3.75. The molecule has 134 valence electrons. The first-order valence-electron chi connectivity index (χ1n) is 7.39. The Morgan fingerprint density at radius 2 is 1.65 bits per heavy atom. The van der Waals surface area contributed by atoms with Gasteiger partial charge in [-0.25, -0.2) is 0 Å². The maximum absolute atomic E-state index is 12.2. The molecule has 0 aliphatic carbocycles. The number of rotatable bonds is 7. The molecular weight excluding hydrogens is 344 g/mol. The standard InChI is InChI=1S/C17H14N2O7/c20-15(21)9-13(17(23)24)10-5-7-11(8-6-10)18-16(22)12-3-1-2-4-14(12)19(25)26/h1-8,13H,9H2,(H,18,22)(H,20,21)(H,23,24). The van der Waals surface area contributed by atoms with Crippen LogP contribution in [0.2, 0.25) is 0 Å². The van der Waals surface area contributed by atoms with Gasteiger partial charge in [-0.3, -0.25) is 24.5 Å². The van der Waals surface area contributed by atoms with Crippen LogP contribution < -0.4 is 5.32 Å². The SMILES string of the molecule is O=C(O)CC(C(=O)O)c1ccc(NC(=O)c2ccccc2[N+](=O)[O-])cc1. The van der Waals surface area contributed by atoms with Gasteiger partial charge in [0.15, 0.2) is 0 Å². The van der Waals surface area contributed by atoms with Crippen LogP contribution in [-0.2, 0) is 9.59 Å². The predicted octanol–water partition coefficient (Wildman–Crippen LogP) is 2.49. The van der Waals surface area contributed by atoms with E-state index in [9.17, 15) is 24.5 Å². The summed E-state index contributed by atoms with van der Waals surface area (Å²) in [5, 5.41) is 31.4. The minimum atomic E-state index is -1.27. The third-order valence-electron chi connectivity index (χ3n) is 3.59. The number of benzene rings is 2. The fourth-order valence-electron chi connectivity index (χ4n) is 2.34. The number of nitrogens with zero attached hydrogens (tertiary/aromatic N) is 1. The van der Waals surface area contributed by atoms with Crippen LogP contribution in [0.25, 0.3) is 0 Å². The van der Waals surface area contributed by atoms with Crippen molar-refractivity contribution in [1.82, 2.24) is 0 Å². The molecule has 0 fully saturated rings. The maximum Gasteiger partial charge on any atom is 0.311 e. The summed E-state index contributed by atoms with van der Waals surface area (Å²) in [6.07, 6.45) is -0.572. The number of anilines is 1. The lowest BCUT2D eigenvalue weighted by atomic mass is 9.96. The van der Waals surface area contributed by atoms with Crippen LogP contribution in [0.1, 0.15) is 28.3 Å². The Labute approximate surface area is 147 Å². The minimum Gasteiger partial charge on any atom is -0.481 e. The number of hydrogen-bond donors (Lipinski definition) is 3. The van der Waals surface area contributed by atoms with Crippen LogP contribution in [0.5, 0.6) is 0 Å². The summed E-state index contributed by atoms with van der Waals surface area (Å²) in [5.41, 5.74) is 0.102. The smallest absolute Gasteiger partial charge is 0.311 e. The molecule has 0 saturated carbocycles. The van der Waals surface area contributed by atoms with Crippen LogP contribution in [0.15, 0.2) is 48.5 Å². The largest absolute Gasteiger partial charge is 0.481 e. The Bertz CT molecular complexity index is 862. The zero-order valence-corrected chi connectivity index (χ0v) is 13.3. The molecule has 9 nitrogen and oxygen atoms in total. The van der Waals surface area contributed by atoms with E-state index in [1.54, 1.807) is 0 Å². The lowest BCUT2D eigenvalue weighted by Crippen LogP contribution is -2.16. The first-order valence-corrected chi connectivity index (χ1v) is 7.39. The average molecular weight is 358 g/mol. The summed E-state index contributed by atoms with van der Waals surface area (Å²) in [4.78, 5) is 44.5. The summed E-state index contributed by atoms with van der Waals surface area (Å²) in [6, 6.07) is 11.0. The van der Waals surface area contributed by atoms with Crippen molar-refractivity contribution < 1.29 is 29.5 Å². The van der Waals surface area contributed by atoms with Gasteiger partial charge in [0.25, 0.3) is 11.6 Å². The molecule has 1 atom stereocenters. The van der Waals surface area contributed by atoms with Gasteiger partial charge in [-0.1, -0.05) is 24.3 Å². The van der Waals surface area contributed by atoms with Crippen molar-refractivity contribution in [2.75, 3.05) is 5.32 Å². The molecule has 0 aromatic heterocycles. The first-order chi connectivity index (χ1) is 12.3. The molecule has 2 aromatic carbocycles. The molecule has 0 spiro atoms. The van der Waals surface area contributed by atoms with Gasteiger partial charge in [0.1, 0.15) is 5.56 Å². The number of carboxylic acids is 2. The highest BCUT2D eigenvalue weighted by Gasteiger charge is 2.23. The summed E-state index contributed by atoms with van der Waals surface area (Å²) >= 11 is 0. The lowest BCUT2D eigenvalue weighted by molar-refractivity contribution is -0.385. The molecule has 0 bridgehead atoms. The van der Waals surface area contributed by atoms with Crippen LogP contribution in [-0.4, -0.2) is 33.0 Å². The van der Waals surface area contributed by atoms with Crippen molar-refractivity contribution in [2.45, 2.75) is 12.3 Å². The topological polar surface area (TPSA) is 147 Å². The number of amides is 1. The molecular formula is C17H14N2O7. The first kappa shape index (κ1) is 18.6. The van der Waals surface area contributed by atoms with Crippen molar-refractivity contribution in [2.24, 2.45) is 0 Å². The number of aliphatic carboxylic acids is 2. The second-order valence-electron chi connectivity index (χ2n) is 5.34. The predicted molar refractivity (Wildman–Crippen MR) is 90.1 cm³/mol. The summed E-state index contributed by atoms with van der Waals surface area (Å²) in [7, 11) is 0. The molecule has 1 amide bonds. The van der Waals surface area contributed by atoms with Gasteiger partial charge in [0.05, 0.1) is 17.3 Å². The molecule has 26 heavy (non-hydrogen) atoms. The highest BCUT2D eigenvalue weighted by Crippen LogP contribution is 2.23. The third kappa shape index (κ3) is 4.41. The Morgan fingerprint density at radius 3 is 2.19 bits per heavy atom. The van der Waals surface area contributed by atoms with Crippen molar-refractivity contribution in [1.29, 1.82) is 0 Å².